The van der Waals surface area contributed by atoms with Crippen molar-refractivity contribution in [3.8, 4) is 0 Å². The van der Waals surface area contributed by atoms with Crippen LogP contribution in [-0.4, -0.2) is 15.7 Å². The summed E-state index contributed by atoms with van der Waals surface area (Å²) in [6.07, 6.45) is 0. The van der Waals surface area contributed by atoms with Crippen LogP contribution < -0.4 is 11.1 Å². The van der Waals surface area contributed by atoms with E-state index >= 15 is 0 Å². The van der Waals surface area contributed by atoms with Crippen LogP contribution in [0.1, 0.15) is 6.92 Å². The van der Waals surface area contributed by atoms with E-state index in [0.717, 1.165) is 15.9 Å². The highest BCUT2D eigenvalue weighted by molar-refractivity contribution is 9.10. The number of hydrogen-bond acceptors (Lipinski definition) is 5. The van der Waals surface area contributed by atoms with Gasteiger partial charge < -0.3 is 11.1 Å². The van der Waals surface area contributed by atoms with Crippen LogP contribution in [0.5, 0.6) is 0 Å². The van der Waals surface area contributed by atoms with Crippen molar-refractivity contribution in [1.82, 2.24) is 9.97 Å². The maximum absolute atomic E-state index is 5.76. The number of aromatic nitrogens is 2. The molecule has 94 valence electrons. The molecule has 18 heavy (non-hydrogen) atoms. The predicted molar refractivity (Wildman–Crippen MR) is 80.3 cm³/mol. The fourth-order valence-corrected chi connectivity index (χ4v) is 2.24. The minimum absolute atomic E-state index is 0.473. The standard InChI is InChI=1S/C12H13BrN4S/c1-2-18-12-16-10(14)7-11(17-12)15-9-5-3-8(13)4-6-9/h3-7H,2H2,1H3,(H3,14,15,16,17). The van der Waals surface area contributed by atoms with E-state index in [4.69, 9.17) is 5.73 Å². The van der Waals surface area contributed by atoms with Crippen LogP contribution in [-0.2, 0) is 0 Å². The molecule has 1 aromatic carbocycles. The van der Waals surface area contributed by atoms with Gasteiger partial charge in [0.25, 0.3) is 0 Å². The molecule has 0 unspecified atom stereocenters. The molecule has 0 fully saturated rings. The molecule has 0 aliphatic carbocycles. The Balaban J connectivity index is 2.20. The van der Waals surface area contributed by atoms with E-state index in [9.17, 15) is 0 Å². The first kappa shape index (κ1) is 13.2. The van der Waals surface area contributed by atoms with Gasteiger partial charge in [0.05, 0.1) is 0 Å². The van der Waals surface area contributed by atoms with E-state index in [1.165, 1.54) is 0 Å². The number of halogens is 1. The maximum atomic E-state index is 5.76. The molecule has 0 spiro atoms. The molecule has 4 nitrogen and oxygen atoms in total. The van der Waals surface area contributed by atoms with Crippen LogP contribution in [0.15, 0.2) is 40.0 Å². The highest BCUT2D eigenvalue weighted by atomic mass is 79.9. The highest BCUT2D eigenvalue weighted by Crippen LogP contribution is 2.21. The minimum Gasteiger partial charge on any atom is -0.383 e. The average Bonchev–Trinajstić information content (AvgIpc) is 2.32. The lowest BCUT2D eigenvalue weighted by molar-refractivity contribution is 0.981. The van der Waals surface area contributed by atoms with Gasteiger partial charge >= 0.3 is 0 Å². The van der Waals surface area contributed by atoms with Gasteiger partial charge in [-0.1, -0.05) is 34.6 Å². The Bertz CT molecular complexity index is 530. The molecule has 3 N–H and O–H groups in total. The first-order valence-corrected chi connectivity index (χ1v) is 7.25. The lowest BCUT2D eigenvalue weighted by Crippen LogP contribution is -2.00. The molecular formula is C12H13BrN4S. The molecule has 0 aliphatic heterocycles. The molecule has 0 aliphatic rings. The van der Waals surface area contributed by atoms with Crippen molar-refractivity contribution in [2.24, 2.45) is 0 Å². The summed E-state index contributed by atoms with van der Waals surface area (Å²) in [7, 11) is 0. The van der Waals surface area contributed by atoms with Gasteiger partial charge in [0.15, 0.2) is 5.16 Å². The van der Waals surface area contributed by atoms with E-state index in [1.807, 2.05) is 24.3 Å². The molecule has 2 rings (SSSR count). The van der Waals surface area contributed by atoms with Crippen molar-refractivity contribution >= 4 is 45.0 Å². The van der Waals surface area contributed by atoms with Crippen LogP contribution in [0.4, 0.5) is 17.3 Å². The Hall–Kier alpha value is -1.27. The zero-order valence-corrected chi connectivity index (χ0v) is 12.3. The van der Waals surface area contributed by atoms with Crippen LogP contribution >= 0.6 is 27.7 Å². The zero-order chi connectivity index (χ0) is 13.0. The second kappa shape index (κ2) is 6.06. The molecule has 1 heterocycles. The Morgan fingerprint density at radius 1 is 1.28 bits per heavy atom. The monoisotopic (exact) mass is 324 g/mol. The van der Waals surface area contributed by atoms with Crippen molar-refractivity contribution in [1.29, 1.82) is 0 Å². The molecule has 0 saturated heterocycles. The number of nitrogens with zero attached hydrogens (tertiary/aromatic N) is 2. The van der Waals surface area contributed by atoms with Gasteiger partial charge in [-0.3, -0.25) is 0 Å². The van der Waals surface area contributed by atoms with Crippen LogP contribution in [0.2, 0.25) is 0 Å². The number of anilines is 3. The number of nitrogens with two attached hydrogens (primary N) is 1. The van der Waals surface area contributed by atoms with Crippen LogP contribution in [0.25, 0.3) is 0 Å². The van der Waals surface area contributed by atoms with Gasteiger partial charge in [-0.05, 0) is 30.0 Å². The van der Waals surface area contributed by atoms with Gasteiger partial charge in [-0.15, -0.1) is 0 Å². The molecule has 1 aromatic heterocycles. The lowest BCUT2D eigenvalue weighted by Gasteiger charge is -2.07. The third-order valence-electron chi connectivity index (χ3n) is 2.12. The summed E-state index contributed by atoms with van der Waals surface area (Å²) in [6, 6.07) is 9.59. The number of benzene rings is 1. The van der Waals surface area contributed by atoms with E-state index in [0.29, 0.717) is 16.8 Å². The fraction of sp³-hybridized carbons (Fsp3) is 0.167. The highest BCUT2D eigenvalue weighted by Gasteiger charge is 2.03. The summed E-state index contributed by atoms with van der Waals surface area (Å²) in [6.45, 7) is 2.05. The number of thioether (sulfide) groups is 1. The number of nitrogen functional groups attached to an aromatic ring is 1. The van der Waals surface area contributed by atoms with Crippen molar-refractivity contribution in [2.45, 2.75) is 12.1 Å². The van der Waals surface area contributed by atoms with Crippen LogP contribution in [0.3, 0.4) is 0 Å². The first-order valence-electron chi connectivity index (χ1n) is 5.47. The summed E-state index contributed by atoms with van der Waals surface area (Å²) >= 11 is 4.96. The Kier molecular flexibility index (Phi) is 4.43. The third kappa shape index (κ3) is 3.61. The summed E-state index contributed by atoms with van der Waals surface area (Å²) in [5, 5.41) is 3.90. The van der Waals surface area contributed by atoms with Crippen molar-refractivity contribution < 1.29 is 0 Å². The Labute approximate surface area is 119 Å². The molecule has 2 aromatic rings. The van der Waals surface area contributed by atoms with E-state index < -0.39 is 0 Å². The summed E-state index contributed by atoms with van der Waals surface area (Å²) in [5.41, 5.74) is 6.72. The van der Waals surface area contributed by atoms with Gasteiger partial charge in [-0.2, -0.15) is 0 Å². The molecule has 0 amide bonds. The van der Waals surface area contributed by atoms with Crippen LogP contribution in [0, 0.1) is 0 Å². The maximum Gasteiger partial charge on any atom is 0.191 e. The number of rotatable bonds is 4. The van der Waals surface area contributed by atoms with E-state index in [2.05, 4.69) is 38.1 Å². The van der Waals surface area contributed by atoms with E-state index in [-0.39, 0.29) is 0 Å². The number of nitrogens with one attached hydrogen (secondary N) is 1. The quantitative estimate of drug-likeness (QED) is 0.663. The lowest BCUT2D eigenvalue weighted by atomic mass is 10.3. The van der Waals surface area contributed by atoms with Gasteiger partial charge in [0, 0.05) is 16.2 Å². The first-order chi connectivity index (χ1) is 8.67. The van der Waals surface area contributed by atoms with Gasteiger partial charge in [0.1, 0.15) is 11.6 Å². The van der Waals surface area contributed by atoms with E-state index in [1.54, 1.807) is 17.8 Å². The Morgan fingerprint density at radius 2 is 2.00 bits per heavy atom. The van der Waals surface area contributed by atoms with Gasteiger partial charge in [0.2, 0.25) is 0 Å². The molecular weight excluding hydrogens is 312 g/mol. The van der Waals surface area contributed by atoms with Crippen molar-refractivity contribution in [3.63, 3.8) is 0 Å². The molecule has 6 heteroatoms. The largest absolute Gasteiger partial charge is 0.383 e. The predicted octanol–water partition coefficient (Wildman–Crippen LogP) is 3.68. The third-order valence-corrected chi connectivity index (χ3v) is 3.37. The second-order valence-corrected chi connectivity index (χ2v) is 5.67. The second-order valence-electron chi connectivity index (χ2n) is 3.53. The SMILES string of the molecule is CCSc1nc(N)cc(Nc2ccc(Br)cc2)n1. The summed E-state index contributed by atoms with van der Waals surface area (Å²) in [4.78, 5) is 8.55. The molecule has 0 atom stereocenters. The topological polar surface area (TPSA) is 63.8 Å². The number of hydrogen-bond donors (Lipinski definition) is 2. The average molecular weight is 325 g/mol. The smallest absolute Gasteiger partial charge is 0.191 e. The molecule has 0 bridgehead atoms. The molecule has 0 saturated carbocycles. The van der Waals surface area contributed by atoms with Crippen molar-refractivity contribution in [2.75, 3.05) is 16.8 Å². The summed E-state index contributed by atoms with van der Waals surface area (Å²) < 4.78 is 1.04. The fourth-order valence-electron chi connectivity index (χ4n) is 1.38. The Morgan fingerprint density at radius 3 is 2.67 bits per heavy atom. The summed E-state index contributed by atoms with van der Waals surface area (Å²) in [5.74, 6) is 2.10. The van der Waals surface area contributed by atoms with Gasteiger partial charge in [-0.25, -0.2) is 9.97 Å². The van der Waals surface area contributed by atoms with Crippen molar-refractivity contribution in [3.05, 3.63) is 34.8 Å². The minimum atomic E-state index is 0.473. The zero-order valence-electron chi connectivity index (χ0n) is 9.85. The molecule has 0 radical (unpaired) electrons. The normalized spacial score (nSPS) is 10.3.